The fourth-order valence-corrected chi connectivity index (χ4v) is 2.65. The van der Waals surface area contributed by atoms with E-state index in [1.54, 1.807) is 0 Å². The summed E-state index contributed by atoms with van der Waals surface area (Å²) in [5.74, 6) is 0. The Kier molecular flexibility index (Phi) is 2.66. The number of nitrogens with zero attached hydrogens (tertiary/aromatic N) is 1. The minimum atomic E-state index is -0.379. The maximum Gasteiger partial charge on any atom is 0.328 e. The number of hydrogen-bond donors (Lipinski definition) is 1. The first kappa shape index (κ1) is 10.1. The van der Waals surface area contributed by atoms with Crippen molar-refractivity contribution in [3.8, 4) is 0 Å². The van der Waals surface area contributed by atoms with Crippen LogP contribution in [0.25, 0.3) is 10.1 Å². The molecule has 0 aliphatic heterocycles. The molecule has 1 heterocycles. The summed E-state index contributed by atoms with van der Waals surface area (Å²) in [6.45, 7) is -0.0679. The van der Waals surface area contributed by atoms with Gasteiger partial charge in [-0.3, -0.25) is 10.1 Å². The van der Waals surface area contributed by atoms with Crippen LogP contribution in [0.2, 0.25) is 0 Å². The van der Waals surface area contributed by atoms with Gasteiger partial charge in [-0.2, -0.15) is 0 Å². The van der Waals surface area contributed by atoms with Crippen molar-refractivity contribution in [1.82, 2.24) is 0 Å². The van der Waals surface area contributed by atoms with Crippen LogP contribution in [0, 0.1) is 10.1 Å². The molecule has 0 atom stereocenters. The van der Waals surface area contributed by atoms with E-state index in [0.717, 1.165) is 21.4 Å². The fourth-order valence-electron chi connectivity index (χ4n) is 1.59. The predicted octanol–water partition coefficient (Wildman–Crippen LogP) is 2.34. The molecule has 0 bridgehead atoms. The van der Waals surface area contributed by atoms with Gasteiger partial charge < -0.3 is 5.11 Å². The van der Waals surface area contributed by atoms with Crippen molar-refractivity contribution in [3.63, 3.8) is 0 Å². The Hall–Kier alpha value is -1.46. The Bertz CT molecular complexity index is 506. The van der Waals surface area contributed by atoms with Gasteiger partial charge in [0.2, 0.25) is 0 Å². The van der Waals surface area contributed by atoms with E-state index in [2.05, 4.69) is 0 Å². The second kappa shape index (κ2) is 3.96. The molecule has 1 aromatic heterocycles. The van der Waals surface area contributed by atoms with E-state index < -0.39 is 0 Å². The standard InChI is InChI=1S/C10H9NO3S/c12-6-5-8-7-3-1-2-4-9(7)15-10(8)11(13)14/h1-4,12H,5-6H2. The van der Waals surface area contributed by atoms with Crippen molar-refractivity contribution >= 4 is 26.4 Å². The summed E-state index contributed by atoms with van der Waals surface area (Å²) in [5, 5.41) is 20.7. The van der Waals surface area contributed by atoms with Crippen LogP contribution in [0.15, 0.2) is 24.3 Å². The average Bonchev–Trinajstić information content (AvgIpc) is 2.58. The number of fused-ring (bicyclic) bond motifs is 1. The van der Waals surface area contributed by atoms with E-state index >= 15 is 0 Å². The van der Waals surface area contributed by atoms with Gasteiger partial charge in [0.15, 0.2) is 0 Å². The van der Waals surface area contributed by atoms with Gasteiger partial charge in [0.1, 0.15) is 0 Å². The average molecular weight is 223 g/mol. The maximum absolute atomic E-state index is 10.8. The van der Waals surface area contributed by atoms with Crippen LogP contribution in [0.4, 0.5) is 5.00 Å². The van der Waals surface area contributed by atoms with E-state index in [1.807, 2.05) is 24.3 Å². The highest BCUT2D eigenvalue weighted by atomic mass is 32.1. The van der Waals surface area contributed by atoms with Gasteiger partial charge >= 0.3 is 5.00 Å². The number of thiophene rings is 1. The molecule has 5 heteroatoms. The topological polar surface area (TPSA) is 63.4 Å². The van der Waals surface area contributed by atoms with E-state index in [1.165, 1.54) is 0 Å². The number of aliphatic hydroxyl groups is 1. The second-order valence-corrected chi connectivity index (χ2v) is 4.14. The molecule has 78 valence electrons. The third-order valence-electron chi connectivity index (χ3n) is 2.20. The summed E-state index contributed by atoms with van der Waals surface area (Å²) in [6.07, 6.45) is 0.334. The molecule has 0 saturated heterocycles. The van der Waals surface area contributed by atoms with Crippen LogP contribution in [0.5, 0.6) is 0 Å². The van der Waals surface area contributed by atoms with Gasteiger partial charge in [-0.1, -0.05) is 29.5 Å². The fraction of sp³-hybridized carbons (Fsp3) is 0.200. The molecule has 0 fully saturated rings. The zero-order valence-corrected chi connectivity index (χ0v) is 8.66. The lowest BCUT2D eigenvalue weighted by Crippen LogP contribution is -1.94. The highest BCUT2D eigenvalue weighted by molar-refractivity contribution is 7.22. The molecule has 15 heavy (non-hydrogen) atoms. The number of nitro groups is 1. The molecule has 0 unspecified atom stereocenters. The minimum Gasteiger partial charge on any atom is -0.396 e. The molecule has 4 nitrogen and oxygen atoms in total. The molecule has 2 rings (SSSR count). The molecular weight excluding hydrogens is 214 g/mol. The van der Waals surface area contributed by atoms with Crippen molar-refractivity contribution in [1.29, 1.82) is 0 Å². The summed E-state index contributed by atoms with van der Waals surface area (Å²) in [4.78, 5) is 10.4. The molecule has 0 radical (unpaired) electrons. The molecule has 0 amide bonds. The van der Waals surface area contributed by atoms with Crippen LogP contribution in [-0.4, -0.2) is 16.6 Å². The first-order chi connectivity index (χ1) is 7.24. The molecule has 2 aromatic rings. The van der Waals surface area contributed by atoms with Crippen LogP contribution in [0.1, 0.15) is 5.56 Å². The summed E-state index contributed by atoms with van der Waals surface area (Å²) >= 11 is 1.16. The molecule has 0 saturated carbocycles. The van der Waals surface area contributed by atoms with Crippen molar-refractivity contribution < 1.29 is 10.0 Å². The Morgan fingerprint density at radius 3 is 2.80 bits per heavy atom. The summed E-state index contributed by atoms with van der Waals surface area (Å²) in [7, 11) is 0. The SMILES string of the molecule is O=[N+]([O-])c1sc2ccccc2c1CCO. The molecular formula is C10H9NO3S. The minimum absolute atomic E-state index is 0.0679. The van der Waals surface area contributed by atoms with Crippen LogP contribution >= 0.6 is 11.3 Å². The lowest BCUT2D eigenvalue weighted by atomic mass is 10.1. The Morgan fingerprint density at radius 1 is 1.40 bits per heavy atom. The van der Waals surface area contributed by atoms with E-state index in [9.17, 15) is 10.1 Å². The highest BCUT2D eigenvalue weighted by Crippen LogP contribution is 2.37. The third-order valence-corrected chi connectivity index (χ3v) is 3.37. The zero-order chi connectivity index (χ0) is 10.8. The van der Waals surface area contributed by atoms with Gasteiger partial charge in [-0.25, -0.2) is 0 Å². The van der Waals surface area contributed by atoms with Gasteiger partial charge in [0, 0.05) is 23.1 Å². The van der Waals surface area contributed by atoms with E-state index in [0.29, 0.717) is 12.0 Å². The monoisotopic (exact) mass is 223 g/mol. The van der Waals surface area contributed by atoms with Gasteiger partial charge in [-0.15, -0.1) is 0 Å². The normalized spacial score (nSPS) is 10.7. The number of rotatable bonds is 3. The molecule has 0 aliphatic rings. The third kappa shape index (κ3) is 1.71. The van der Waals surface area contributed by atoms with Gasteiger partial charge in [0.05, 0.1) is 10.5 Å². The zero-order valence-electron chi connectivity index (χ0n) is 7.84. The largest absolute Gasteiger partial charge is 0.396 e. The van der Waals surface area contributed by atoms with Crippen LogP contribution in [-0.2, 0) is 6.42 Å². The predicted molar refractivity (Wildman–Crippen MR) is 59.3 cm³/mol. The van der Waals surface area contributed by atoms with Crippen molar-refractivity contribution in [3.05, 3.63) is 39.9 Å². The van der Waals surface area contributed by atoms with Gasteiger partial charge in [0.25, 0.3) is 0 Å². The highest BCUT2D eigenvalue weighted by Gasteiger charge is 2.20. The van der Waals surface area contributed by atoms with Crippen molar-refractivity contribution in [2.24, 2.45) is 0 Å². The van der Waals surface area contributed by atoms with Crippen LogP contribution in [0.3, 0.4) is 0 Å². The number of aliphatic hydroxyl groups excluding tert-OH is 1. The molecule has 0 aliphatic carbocycles. The summed E-state index contributed by atoms with van der Waals surface area (Å²) < 4.78 is 0.896. The molecule has 1 N–H and O–H groups in total. The Balaban J connectivity index is 2.68. The van der Waals surface area contributed by atoms with Gasteiger partial charge in [-0.05, 0) is 6.07 Å². The van der Waals surface area contributed by atoms with Crippen molar-refractivity contribution in [2.75, 3.05) is 6.61 Å². The molecule has 0 spiro atoms. The number of benzene rings is 1. The van der Waals surface area contributed by atoms with E-state index in [4.69, 9.17) is 5.11 Å². The lowest BCUT2D eigenvalue weighted by molar-refractivity contribution is -0.380. The smallest absolute Gasteiger partial charge is 0.328 e. The second-order valence-electron chi connectivity index (χ2n) is 3.11. The quantitative estimate of drug-likeness (QED) is 0.641. The first-order valence-corrected chi connectivity index (χ1v) is 5.31. The Labute approximate surface area is 89.9 Å². The summed E-state index contributed by atoms with van der Waals surface area (Å²) in [6, 6.07) is 7.41. The van der Waals surface area contributed by atoms with Crippen LogP contribution < -0.4 is 0 Å². The number of hydrogen-bond acceptors (Lipinski definition) is 4. The maximum atomic E-state index is 10.8. The summed E-state index contributed by atoms with van der Waals surface area (Å²) in [5.41, 5.74) is 0.642. The molecule has 1 aromatic carbocycles. The Morgan fingerprint density at radius 2 is 2.13 bits per heavy atom. The first-order valence-electron chi connectivity index (χ1n) is 4.49. The lowest BCUT2D eigenvalue weighted by Gasteiger charge is -1.94. The van der Waals surface area contributed by atoms with Crippen molar-refractivity contribution in [2.45, 2.75) is 6.42 Å². The van der Waals surface area contributed by atoms with E-state index in [-0.39, 0.29) is 16.5 Å².